The van der Waals surface area contributed by atoms with E-state index in [1.165, 1.54) is 23.1 Å². The molecule has 0 unspecified atom stereocenters. The largest absolute Gasteiger partial charge is 0.454 e. The van der Waals surface area contributed by atoms with Crippen LogP contribution in [-0.4, -0.2) is 18.5 Å². The molecule has 0 bridgehead atoms. The van der Waals surface area contributed by atoms with Gasteiger partial charge in [0, 0.05) is 16.5 Å². The fourth-order valence-corrected chi connectivity index (χ4v) is 3.51. The zero-order valence-electron chi connectivity index (χ0n) is 13.2. The van der Waals surface area contributed by atoms with E-state index in [2.05, 4.69) is 12.2 Å². The summed E-state index contributed by atoms with van der Waals surface area (Å²) in [6.07, 6.45) is 0.895. The SMILES string of the molecule is CCc1sc(C(=O)Nc2cc3c(cc2C(C)=O)OCO3)cc1C. The number of thiophene rings is 1. The van der Waals surface area contributed by atoms with Crippen LogP contribution < -0.4 is 14.8 Å². The molecule has 2 aromatic rings. The van der Waals surface area contributed by atoms with Crippen molar-refractivity contribution in [2.24, 2.45) is 0 Å². The Labute approximate surface area is 138 Å². The molecule has 1 aromatic carbocycles. The molecule has 0 aliphatic carbocycles. The van der Waals surface area contributed by atoms with Crippen LogP contribution in [0.3, 0.4) is 0 Å². The number of benzene rings is 1. The van der Waals surface area contributed by atoms with Crippen LogP contribution in [0.2, 0.25) is 0 Å². The third-order valence-corrected chi connectivity index (χ3v) is 5.09. The quantitative estimate of drug-likeness (QED) is 0.866. The summed E-state index contributed by atoms with van der Waals surface area (Å²) < 4.78 is 10.6. The standard InChI is InChI=1S/C17H17NO4S/c1-4-15-9(2)5-16(23-15)17(20)18-12-7-14-13(21-8-22-14)6-11(12)10(3)19/h5-7H,4,8H2,1-3H3,(H,18,20). The van der Waals surface area contributed by atoms with E-state index in [9.17, 15) is 9.59 Å². The topological polar surface area (TPSA) is 64.6 Å². The fourth-order valence-electron chi connectivity index (χ4n) is 2.50. The highest BCUT2D eigenvalue weighted by atomic mass is 32.1. The number of hydrogen-bond donors (Lipinski definition) is 1. The normalized spacial score (nSPS) is 12.3. The average Bonchev–Trinajstić information content (AvgIpc) is 3.11. The van der Waals surface area contributed by atoms with Crippen molar-refractivity contribution < 1.29 is 19.1 Å². The van der Waals surface area contributed by atoms with E-state index in [0.29, 0.717) is 27.6 Å². The zero-order valence-corrected chi connectivity index (χ0v) is 14.0. The predicted molar refractivity (Wildman–Crippen MR) is 89.0 cm³/mol. The number of rotatable bonds is 4. The van der Waals surface area contributed by atoms with Crippen molar-refractivity contribution in [2.45, 2.75) is 27.2 Å². The third kappa shape index (κ3) is 2.94. The molecule has 1 aliphatic rings. The maximum Gasteiger partial charge on any atom is 0.265 e. The zero-order chi connectivity index (χ0) is 16.6. The minimum absolute atomic E-state index is 0.119. The molecule has 5 nitrogen and oxygen atoms in total. The van der Waals surface area contributed by atoms with Crippen LogP contribution in [0.25, 0.3) is 0 Å². The molecule has 0 fully saturated rings. The monoisotopic (exact) mass is 331 g/mol. The lowest BCUT2D eigenvalue weighted by atomic mass is 10.1. The molecular weight excluding hydrogens is 314 g/mol. The van der Waals surface area contributed by atoms with Crippen LogP contribution in [0.4, 0.5) is 5.69 Å². The predicted octanol–water partition coefficient (Wildman–Crippen LogP) is 3.80. The molecule has 120 valence electrons. The Morgan fingerprint density at radius 2 is 1.91 bits per heavy atom. The highest BCUT2D eigenvalue weighted by Gasteiger charge is 2.21. The van der Waals surface area contributed by atoms with Crippen molar-refractivity contribution in [2.75, 3.05) is 12.1 Å². The number of hydrogen-bond acceptors (Lipinski definition) is 5. The summed E-state index contributed by atoms with van der Waals surface area (Å²) in [4.78, 5) is 26.1. The maximum absolute atomic E-state index is 12.5. The Kier molecular flexibility index (Phi) is 4.09. The van der Waals surface area contributed by atoms with E-state index in [0.717, 1.165) is 12.0 Å². The van der Waals surface area contributed by atoms with Gasteiger partial charge in [0.25, 0.3) is 5.91 Å². The van der Waals surface area contributed by atoms with Gasteiger partial charge in [0.1, 0.15) is 0 Å². The number of carbonyl (C=O) groups is 2. The second-order valence-corrected chi connectivity index (χ2v) is 6.47. The first-order chi connectivity index (χ1) is 11.0. The van der Waals surface area contributed by atoms with Gasteiger partial charge in [-0.05, 0) is 38.0 Å². The summed E-state index contributed by atoms with van der Waals surface area (Å²) >= 11 is 1.47. The molecule has 3 rings (SSSR count). The summed E-state index contributed by atoms with van der Waals surface area (Å²) in [7, 11) is 0. The Hall–Kier alpha value is -2.34. The smallest absolute Gasteiger partial charge is 0.265 e. The maximum atomic E-state index is 12.5. The molecule has 23 heavy (non-hydrogen) atoms. The minimum Gasteiger partial charge on any atom is -0.454 e. The van der Waals surface area contributed by atoms with Crippen LogP contribution in [0.5, 0.6) is 11.5 Å². The van der Waals surface area contributed by atoms with Gasteiger partial charge in [-0.3, -0.25) is 9.59 Å². The Bertz CT molecular complexity index is 794. The first-order valence-corrected chi connectivity index (χ1v) is 8.16. The molecular formula is C17H17NO4S. The number of ether oxygens (including phenoxy) is 2. The number of fused-ring (bicyclic) bond motifs is 1. The van der Waals surface area contributed by atoms with E-state index < -0.39 is 0 Å². The van der Waals surface area contributed by atoms with Gasteiger partial charge < -0.3 is 14.8 Å². The van der Waals surface area contributed by atoms with Gasteiger partial charge in [-0.2, -0.15) is 0 Å². The molecule has 1 amide bonds. The molecule has 1 aromatic heterocycles. The summed E-state index contributed by atoms with van der Waals surface area (Å²) in [5.74, 6) is 0.685. The van der Waals surface area contributed by atoms with E-state index in [-0.39, 0.29) is 18.5 Å². The molecule has 0 saturated carbocycles. The minimum atomic E-state index is -0.223. The second kappa shape index (κ2) is 6.04. The van der Waals surface area contributed by atoms with Crippen molar-refractivity contribution >= 4 is 28.7 Å². The van der Waals surface area contributed by atoms with Gasteiger partial charge in [-0.15, -0.1) is 11.3 Å². The molecule has 0 spiro atoms. The van der Waals surface area contributed by atoms with Crippen LogP contribution >= 0.6 is 11.3 Å². The summed E-state index contributed by atoms with van der Waals surface area (Å²) in [6, 6.07) is 5.12. The number of Topliss-reactive ketones (excluding diaryl/α,β-unsaturated/α-hetero) is 1. The van der Waals surface area contributed by atoms with Gasteiger partial charge in [0.05, 0.1) is 10.6 Å². The lowest BCUT2D eigenvalue weighted by Crippen LogP contribution is -2.13. The van der Waals surface area contributed by atoms with Gasteiger partial charge in [-0.1, -0.05) is 6.92 Å². The first-order valence-electron chi connectivity index (χ1n) is 7.34. The molecule has 0 radical (unpaired) electrons. The van der Waals surface area contributed by atoms with E-state index in [1.54, 1.807) is 12.1 Å². The number of anilines is 1. The molecule has 0 atom stereocenters. The van der Waals surface area contributed by atoms with Gasteiger partial charge in [0.15, 0.2) is 17.3 Å². The fraction of sp³-hybridized carbons (Fsp3) is 0.294. The van der Waals surface area contributed by atoms with Crippen molar-refractivity contribution in [3.05, 3.63) is 39.1 Å². The van der Waals surface area contributed by atoms with Gasteiger partial charge >= 0.3 is 0 Å². The van der Waals surface area contributed by atoms with Crippen molar-refractivity contribution in [1.82, 2.24) is 0 Å². The molecule has 1 N–H and O–H groups in total. The summed E-state index contributed by atoms with van der Waals surface area (Å²) in [5.41, 5.74) is 1.96. The van der Waals surface area contributed by atoms with Crippen molar-refractivity contribution in [1.29, 1.82) is 0 Å². The first kappa shape index (κ1) is 15.6. The number of amides is 1. The second-order valence-electron chi connectivity index (χ2n) is 5.33. The molecule has 2 heterocycles. The molecule has 1 aliphatic heterocycles. The van der Waals surface area contributed by atoms with Crippen molar-refractivity contribution in [3.8, 4) is 11.5 Å². The molecule has 0 saturated heterocycles. The summed E-state index contributed by atoms with van der Waals surface area (Å²) in [5, 5.41) is 2.82. The Morgan fingerprint density at radius 1 is 1.22 bits per heavy atom. The van der Waals surface area contributed by atoms with Gasteiger partial charge in [0.2, 0.25) is 6.79 Å². The van der Waals surface area contributed by atoms with E-state index >= 15 is 0 Å². The van der Waals surface area contributed by atoms with E-state index in [1.807, 2.05) is 13.0 Å². The van der Waals surface area contributed by atoms with E-state index in [4.69, 9.17) is 9.47 Å². The Balaban J connectivity index is 1.92. The average molecular weight is 331 g/mol. The third-order valence-electron chi connectivity index (χ3n) is 3.71. The number of carbonyl (C=O) groups excluding carboxylic acids is 2. The highest BCUT2D eigenvalue weighted by Crippen LogP contribution is 2.37. The van der Waals surface area contributed by atoms with Gasteiger partial charge in [-0.25, -0.2) is 0 Å². The van der Waals surface area contributed by atoms with Crippen LogP contribution in [-0.2, 0) is 6.42 Å². The van der Waals surface area contributed by atoms with Crippen molar-refractivity contribution in [3.63, 3.8) is 0 Å². The molecule has 6 heteroatoms. The lowest BCUT2D eigenvalue weighted by Gasteiger charge is -2.09. The number of nitrogens with one attached hydrogen (secondary N) is 1. The lowest BCUT2D eigenvalue weighted by molar-refractivity contribution is 0.101. The number of ketones is 1. The number of aryl methyl sites for hydroxylation is 2. The highest BCUT2D eigenvalue weighted by molar-refractivity contribution is 7.14. The van der Waals surface area contributed by atoms with Crippen LogP contribution in [0.1, 0.15) is 44.3 Å². The van der Waals surface area contributed by atoms with Crippen LogP contribution in [0, 0.1) is 6.92 Å². The summed E-state index contributed by atoms with van der Waals surface area (Å²) in [6.45, 7) is 5.63. The van der Waals surface area contributed by atoms with Crippen LogP contribution in [0.15, 0.2) is 18.2 Å². The Morgan fingerprint density at radius 3 is 2.52 bits per heavy atom.